The minimum absolute atomic E-state index is 0.0136. The molecule has 0 saturated heterocycles. The Morgan fingerprint density at radius 1 is 0.400 bits per heavy atom. The van der Waals surface area contributed by atoms with E-state index in [4.69, 9.17) is 23.7 Å². The van der Waals surface area contributed by atoms with Gasteiger partial charge in [0, 0.05) is 64.2 Å². The van der Waals surface area contributed by atoms with E-state index in [2.05, 4.69) is 0 Å². The first-order chi connectivity index (χ1) is 14.0. The third-order valence-electron chi connectivity index (χ3n) is 5.14. The van der Waals surface area contributed by atoms with Crippen molar-refractivity contribution >= 4 is 29.8 Å². The van der Waals surface area contributed by atoms with Gasteiger partial charge in [-0.25, -0.2) is 0 Å². The molecule has 170 valence electrons. The van der Waals surface area contributed by atoms with Crippen LogP contribution in [0.4, 0.5) is 0 Å². The van der Waals surface area contributed by atoms with Crippen molar-refractivity contribution in [2.45, 2.75) is 34.6 Å². The van der Waals surface area contributed by atoms with E-state index < -0.39 is 29.8 Å². The Hall–Kier alpha value is -2.65. The van der Waals surface area contributed by atoms with Crippen LogP contribution in [0.5, 0.6) is 0 Å². The number of rotatable bonds is 10. The molecule has 1 fully saturated rings. The first-order valence-electron chi connectivity index (χ1n) is 9.69. The van der Waals surface area contributed by atoms with Crippen molar-refractivity contribution in [2.24, 2.45) is 29.6 Å². The summed E-state index contributed by atoms with van der Waals surface area (Å²) in [6.07, 6.45) is 0. The fraction of sp³-hybridized carbons (Fsp3) is 0.750. The summed E-state index contributed by atoms with van der Waals surface area (Å²) in [5, 5.41) is 0. The van der Waals surface area contributed by atoms with Gasteiger partial charge in [-0.2, -0.15) is 0 Å². The third-order valence-corrected chi connectivity index (χ3v) is 5.14. The summed E-state index contributed by atoms with van der Waals surface area (Å²) >= 11 is 0. The van der Waals surface area contributed by atoms with Crippen molar-refractivity contribution in [3.8, 4) is 0 Å². The number of hydrogen-bond acceptors (Lipinski definition) is 10. The zero-order chi connectivity index (χ0) is 22.8. The highest BCUT2D eigenvalue weighted by Crippen LogP contribution is 2.47. The summed E-state index contributed by atoms with van der Waals surface area (Å²) in [6.45, 7) is 6.27. The van der Waals surface area contributed by atoms with Crippen molar-refractivity contribution in [1.29, 1.82) is 0 Å². The van der Waals surface area contributed by atoms with Crippen LogP contribution in [-0.4, -0.2) is 62.9 Å². The summed E-state index contributed by atoms with van der Waals surface area (Å²) in [7, 11) is 0. The van der Waals surface area contributed by atoms with Crippen LogP contribution in [0.25, 0.3) is 0 Å². The number of ether oxygens (including phenoxy) is 5. The van der Waals surface area contributed by atoms with Crippen LogP contribution < -0.4 is 0 Å². The lowest BCUT2D eigenvalue weighted by molar-refractivity contribution is -0.150. The highest BCUT2D eigenvalue weighted by atomic mass is 16.6. The van der Waals surface area contributed by atoms with Gasteiger partial charge in [-0.1, -0.05) is 0 Å². The van der Waals surface area contributed by atoms with Crippen LogP contribution in [0.3, 0.4) is 0 Å². The molecule has 1 rings (SSSR count). The summed E-state index contributed by atoms with van der Waals surface area (Å²) in [5.74, 6) is -4.37. The molecule has 1 aliphatic carbocycles. The normalized spacial score (nSPS) is 25.2. The van der Waals surface area contributed by atoms with Crippen LogP contribution in [0.2, 0.25) is 0 Å². The molecule has 0 spiro atoms. The van der Waals surface area contributed by atoms with E-state index in [1.54, 1.807) is 0 Å². The smallest absolute Gasteiger partial charge is 0.302 e. The van der Waals surface area contributed by atoms with Crippen molar-refractivity contribution in [1.82, 2.24) is 0 Å². The summed E-state index contributed by atoms with van der Waals surface area (Å²) in [6, 6.07) is 0. The molecule has 0 unspecified atom stereocenters. The summed E-state index contributed by atoms with van der Waals surface area (Å²) in [4.78, 5) is 57.0. The lowest BCUT2D eigenvalue weighted by Crippen LogP contribution is -2.31. The average molecular weight is 430 g/mol. The molecule has 0 bridgehead atoms. The molecule has 0 N–H and O–H groups in total. The quantitative estimate of drug-likeness (QED) is 0.364. The fourth-order valence-electron chi connectivity index (χ4n) is 3.89. The molecule has 0 heterocycles. The SMILES string of the molecule is CC(=O)OCC1C(COC(C)=O)C(COC(C)=O)C(COC(C)=O)C1COC(C)=O. The molecule has 0 aromatic carbocycles. The molecule has 30 heavy (non-hydrogen) atoms. The molecule has 0 amide bonds. The maximum atomic E-state index is 11.4. The average Bonchev–Trinajstić information content (AvgIpc) is 2.90. The minimum atomic E-state index is -0.493. The molecule has 0 aromatic heterocycles. The van der Waals surface area contributed by atoms with Crippen molar-refractivity contribution in [3.05, 3.63) is 0 Å². The van der Waals surface area contributed by atoms with Gasteiger partial charge in [-0.3, -0.25) is 24.0 Å². The number of carbonyl (C=O) groups excluding carboxylic acids is 5. The molecule has 1 saturated carbocycles. The number of carbonyl (C=O) groups is 5. The second-order valence-electron chi connectivity index (χ2n) is 7.33. The maximum absolute atomic E-state index is 11.4. The van der Waals surface area contributed by atoms with Gasteiger partial charge in [-0.05, 0) is 0 Å². The van der Waals surface area contributed by atoms with Gasteiger partial charge in [0.1, 0.15) is 0 Å². The first-order valence-corrected chi connectivity index (χ1v) is 9.69. The molecule has 0 radical (unpaired) electrons. The number of esters is 5. The van der Waals surface area contributed by atoms with Crippen molar-refractivity contribution < 1.29 is 47.7 Å². The van der Waals surface area contributed by atoms with Crippen LogP contribution in [0, 0.1) is 29.6 Å². The highest BCUT2D eigenvalue weighted by molar-refractivity contribution is 5.67. The summed E-state index contributed by atoms with van der Waals surface area (Å²) < 4.78 is 26.1. The lowest BCUT2D eigenvalue weighted by atomic mass is 9.88. The van der Waals surface area contributed by atoms with E-state index in [-0.39, 0.29) is 62.6 Å². The van der Waals surface area contributed by atoms with Gasteiger partial charge in [0.25, 0.3) is 0 Å². The minimum Gasteiger partial charge on any atom is -0.466 e. The predicted octanol–water partition coefficient (Wildman–Crippen LogP) is 0.897. The third kappa shape index (κ3) is 8.38. The van der Waals surface area contributed by atoms with Gasteiger partial charge in [0.15, 0.2) is 0 Å². The Balaban J connectivity index is 3.26. The highest BCUT2D eigenvalue weighted by Gasteiger charge is 2.52. The Bertz CT molecular complexity index is 506. The lowest BCUT2D eigenvalue weighted by Gasteiger charge is -2.25. The van der Waals surface area contributed by atoms with Gasteiger partial charge >= 0.3 is 29.8 Å². The van der Waals surface area contributed by atoms with E-state index in [9.17, 15) is 24.0 Å². The molecule has 0 aliphatic heterocycles. The van der Waals surface area contributed by atoms with E-state index in [0.29, 0.717) is 0 Å². The largest absolute Gasteiger partial charge is 0.466 e. The van der Waals surface area contributed by atoms with Gasteiger partial charge < -0.3 is 23.7 Å². The first kappa shape index (κ1) is 25.4. The molecule has 1 aliphatic rings. The predicted molar refractivity (Wildman–Crippen MR) is 101 cm³/mol. The fourth-order valence-corrected chi connectivity index (χ4v) is 3.89. The Morgan fingerprint density at radius 3 is 0.633 bits per heavy atom. The van der Waals surface area contributed by atoms with E-state index >= 15 is 0 Å². The number of hydrogen-bond donors (Lipinski definition) is 0. The zero-order valence-corrected chi connectivity index (χ0v) is 18.0. The monoisotopic (exact) mass is 430 g/mol. The van der Waals surface area contributed by atoms with E-state index in [0.717, 1.165) is 0 Å². The molecular weight excluding hydrogens is 400 g/mol. The molecule has 0 aromatic rings. The van der Waals surface area contributed by atoms with Crippen LogP contribution in [0.1, 0.15) is 34.6 Å². The van der Waals surface area contributed by atoms with Gasteiger partial charge in [0.05, 0.1) is 33.0 Å². The Kier molecular flexibility index (Phi) is 10.3. The molecular formula is C20H30O10. The Labute approximate surface area is 175 Å². The zero-order valence-electron chi connectivity index (χ0n) is 18.0. The molecule has 10 nitrogen and oxygen atoms in total. The second-order valence-corrected chi connectivity index (χ2v) is 7.33. The van der Waals surface area contributed by atoms with E-state index in [1.807, 2.05) is 0 Å². The van der Waals surface area contributed by atoms with Gasteiger partial charge in [0.2, 0.25) is 0 Å². The maximum Gasteiger partial charge on any atom is 0.302 e. The standard InChI is InChI=1S/C20H30O10/c1-11(21)26-6-16-17(7-27-12(2)22)19(9-29-14(4)24)20(10-30-15(5)25)18(16)8-28-13(3)23/h16-20H,6-10H2,1-5H3. The topological polar surface area (TPSA) is 132 Å². The van der Waals surface area contributed by atoms with Gasteiger partial charge in [-0.15, -0.1) is 0 Å². The molecule has 0 atom stereocenters. The van der Waals surface area contributed by atoms with Crippen molar-refractivity contribution in [2.75, 3.05) is 33.0 Å². The second kappa shape index (κ2) is 12.1. The molecule has 10 heteroatoms. The van der Waals surface area contributed by atoms with E-state index in [1.165, 1.54) is 34.6 Å². The van der Waals surface area contributed by atoms with Crippen LogP contribution >= 0.6 is 0 Å². The van der Waals surface area contributed by atoms with Crippen LogP contribution in [-0.2, 0) is 47.7 Å². The summed E-state index contributed by atoms with van der Waals surface area (Å²) in [5.41, 5.74) is 0. The van der Waals surface area contributed by atoms with Crippen LogP contribution in [0.15, 0.2) is 0 Å². The Morgan fingerprint density at radius 2 is 0.533 bits per heavy atom. The van der Waals surface area contributed by atoms with Crippen molar-refractivity contribution in [3.63, 3.8) is 0 Å².